The molecule has 0 aliphatic carbocycles. The molecule has 0 bridgehead atoms. The number of hydrogen-bond donors (Lipinski definition) is 0. The minimum absolute atomic E-state index is 0. The van der Waals surface area contributed by atoms with Crippen molar-refractivity contribution < 1.29 is 19.5 Å². The predicted octanol–water partition coefficient (Wildman–Crippen LogP) is 1.39. The van der Waals surface area contributed by atoms with E-state index in [1.165, 1.54) is 0 Å². The predicted molar refractivity (Wildman–Crippen MR) is 20.2 cm³/mol. The monoisotopic (exact) mass is 158 g/mol. The Morgan fingerprint density at radius 3 is 1.80 bits per heavy atom. The molecule has 33 valence electrons. The van der Waals surface area contributed by atoms with Crippen molar-refractivity contribution in [2.75, 3.05) is 0 Å². The molecule has 1 heteroatoms. The minimum Gasteiger partial charge on any atom is -0.242 e. The van der Waals surface area contributed by atoms with Crippen molar-refractivity contribution in [1.29, 1.82) is 0 Å². The summed E-state index contributed by atoms with van der Waals surface area (Å²) >= 11 is 0. The van der Waals surface area contributed by atoms with Crippen LogP contribution in [0.5, 0.6) is 0 Å². The zero-order chi connectivity index (χ0) is 3.58. The van der Waals surface area contributed by atoms with Crippen LogP contribution in [0.2, 0.25) is 0 Å². The van der Waals surface area contributed by atoms with Gasteiger partial charge >= 0.3 is 0 Å². The largest absolute Gasteiger partial charge is 0.242 e. The fourth-order valence-corrected chi connectivity index (χ4v) is 0. The molecule has 0 aliphatic rings. The second kappa shape index (κ2) is 4.23. The number of rotatable bonds is 0. The molecule has 0 atom stereocenters. The molecule has 0 amide bonds. The molecule has 0 N–H and O–H groups in total. The van der Waals surface area contributed by atoms with E-state index in [1.807, 2.05) is 6.92 Å². The van der Waals surface area contributed by atoms with Crippen molar-refractivity contribution in [1.82, 2.24) is 0 Å². The van der Waals surface area contributed by atoms with Crippen molar-refractivity contribution in [3.8, 4) is 0 Å². The van der Waals surface area contributed by atoms with Crippen LogP contribution in [0, 0.1) is 6.92 Å². The van der Waals surface area contributed by atoms with Crippen LogP contribution in [0.3, 0.4) is 0 Å². The SMILES string of the molecule is C=C([CH2-])C.[Rh]. The second-order valence-corrected chi connectivity index (χ2v) is 0.957. The summed E-state index contributed by atoms with van der Waals surface area (Å²) in [4.78, 5) is 0. The van der Waals surface area contributed by atoms with Gasteiger partial charge in [0.05, 0.1) is 0 Å². The van der Waals surface area contributed by atoms with Crippen molar-refractivity contribution in [3.63, 3.8) is 0 Å². The fraction of sp³-hybridized carbons (Fsp3) is 0.250. The van der Waals surface area contributed by atoms with Gasteiger partial charge in [-0.3, -0.25) is 0 Å². The van der Waals surface area contributed by atoms with Gasteiger partial charge in [-0.2, -0.15) is 0 Å². The molecule has 0 unspecified atom stereocenters. The quantitative estimate of drug-likeness (QED) is 0.369. The van der Waals surface area contributed by atoms with Gasteiger partial charge in [0.1, 0.15) is 0 Å². The van der Waals surface area contributed by atoms with Gasteiger partial charge < -0.3 is 0 Å². The molecule has 0 aromatic carbocycles. The van der Waals surface area contributed by atoms with Gasteiger partial charge in [0.25, 0.3) is 0 Å². The summed E-state index contributed by atoms with van der Waals surface area (Å²) in [5.74, 6) is 0. The van der Waals surface area contributed by atoms with Crippen LogP contribution < -0.4 is 0 Å². The summed E-state index contributed by atoms with van der Waals surface area (Å²) in [6, 6.07) is 0. The third-order valence-electron chi connectivity index (χ3n) is 0. The molecule has 0 aromatic heterocycles. The first-order chi connectivity index (χ1) is 1.73. The zero-order valence-corrected chi connectivity index (χ0v) is 4.89. The molecule has 0 saturated carbocycles. The molecule has 0 saturated heterocycles. The van der Waals surface area contributed by atoms with Crippen molar-refractivity contribution in [2.45, 2.75) is 6.92 Å². The zero-order valence-electron chi connectivity index (χ0n) is 3.25. The molecule has 0 heterocycles. The third-order valence-corrected chi connectivity index (χ3v) is 0. The summed E-state index contributed by atoms with van der Waals surface area (Å²) in [5, 5.41) is 0. The summed E-state index contributed by atoms with van der Waals surface area (Å²) < 4.78 is 0. The van der Waals surface area contributed by atoms with Gasteiger partial charge in [0.15, 0.2) is 0 Å². The first-order valence-corrected chi connectivity index (χ1v) is 1.21. The van der Waals surface area contributed by atoms with Crippen LogP contribution in [0.15, 0.2) is 12.2 Å². The van der Waals surface area contributed by atoms with Crippen LogP contribution in [0.25, 0.3) is 0 Å². The molecule has 0 rings (SSSR count). The Bertz CT molecular complexity index is 26.6. The van der Waals surface area contributed by atoms with Crippen LogP contribution in [-0.4, -0.2) is 0 Å². The topological polar surface area (TPSA) is 0 Å². The summed E-state index contributed by atoms with van der Waals surface area (Å²) in [6.45, 7) is 8.75. The van der Waals surface area contributed by atoms with E-state index in [0.29, 0.717) is 0 Å². The first kappa shape index (κ1) is 8.97. The Labute approximate surface area is 46.0 Å². The Balaban J connectivity index is 0. The maximum absolute atomic E-state index is 3.44. The van der Waals surface area contributed by atoms with Gasteiger partial charge in [-0.1, -0.05) is 6.92 Å². The van der Waals surface area contributed by atoms with Crippen molar-refractivity contribution in [3.05, 3.63) is 19.1 Å². The molecular weight excluding hydrogens is 151 g/mol. The molecule has 0 spiro atoms. The molecule has 1 radical (unpaired) electrons. The van der Waals surface area contributed by atoms with Gasteiger partial charge in [0.2, 0.25) is 0 Å². The first-order valence-electron chi connectivity index (χ1n) is 1.21. The van der Waals surface area contributed by atoms with Crippen molar-refractivity contribution >= 4 is 0 Å². The van der Waals surface area contributed by atoms with Crippen LogP contribution in [0.4, 0.5) is 0 Å². The minimum atomic E-state index is 0. The van der Waals surface area contributed by atoms with Gasteiger partial charge in [-0.25, -0.2) is 19.1 Å². The van der Waals surface area contributed by atoms with E-state index in [4.69, 9.17) is 0 Å². The molecule has 5 heavy (non-hydrogen) atoms. The van der Waals surface area contributed by atoms with Gasteiger partial charge in [-0.15, -0.1) is 0 Å². The molecule has 0 nitrogen and oxygen atoms in total. The molecule has 0 aliphatic heterocycles. The normalized spacial score (nSPS) is 5.00. The summed E-state index contributed by atoms with van der Waals surface area (Å²) in [5.41, 5.74) is 0.917. The van der Waals surface area contributed by atoms with E-state index in [9.17, 15) is 0 Å². The van der Waals surface area contributed by atoms with E-state index in [0.717, 1.165) is 5.57 Å². The van der Waals surface area contributed by atoms with E-state index in [-0.39, 0.29) is 19.5 Å². The van der Waals surface area contributed by atoms with Gasteiger partial charge in [0, 0.05) is 19.5 Å². The average molecular weight is 158 g/mol. The second-order valence-electron chi connectivity index (χ2n) is 0.957. The van der Waals surface area contributed by atoms with E-state index in [1.54, 1.807) is 0 Å². The number of allylic oxidation sites excluding steroid dienone is 1. The fourth-order valence-electron chi connectivity index (χ4n) is 0. The van der Waals surface area contributed by atoms with E-state index in [2.05, 4.69) is 13.5 Å². The Kier molecular flexibility index (Phi) is 7.60. The van der Waals surface area contributed by atoms with Crippen LogP contribution in [0.1, 0.15) is 6.92 Å². The van der Waals surface area contributed by atoms with E-state index >= 15 is 0 Å². The average Bonchev–Trinajstić information content (AvgIpc) is 0.811. The molecule has 0 fully saturated rings. The molecule has 0 aromatic rings. The summed E-state index contributed by atoms with van der Waals surface area (Å²) in [6.07, 6.45) is 0. The van der Waals surface area contributed by atoms with Gasteiger partial charge in [-0.05, 0) is 0 Å². The number of hydrogen-bond acceptors (Lipinski definition) is 0. The maximum Gasteiger partial charge on any atom is 0 e. The smallest absolute Gasteiger partial charge is 0 e. The third kappa shape index (κ3) is 388. The summed E-state index contributed by atoms with van der Waals surface area (Å²) in [7, 11) is 0. The Morgan fingerprint density at radius 1 is 1.80 bits per heavy atom. The Morgan fingerprint density at radius 2 is 1.80 bits per heavy atom. The Hall–Kier alpha value is 0.233. The maximum atomic E-state index is 3.44. The molecular formula is C4H7Rh-. The standard InChI is InChI=1S/C4H7.Rh/c1-4(2)3;/h1-2H2,3H3;/q-1;. The van der Waals surface area contributed by atoms with Crippen LogP contribution in [-0.2, 0) is 19.5 Å². The van der Waals surface area contributed by atoms with Crippen LogP contribution >= 0.6 is 0 Å². The van der Waals surface area contributed by atoms with Crippen molar-refractivity contribution in [2.24, 2.45) is 0 Å². The van der Waals surface area contributed by atoms with E-state index < -0.39 is 0 Å².